The highest BCUT2D eigenvalue weighted by Crippen LogP contribution is 2.32. The number of halogens is 1. The monoisotopic (exact) mass is 382 g/mol. The molecule has 1 unspecified atom stereocenters. The normalized spacial score (nSPS) is 22.3. The SMILES string of the molecule is CC1(C)CN(S(=O)(=O)c2ccccc2S(C)(=O)=O)CCC1N.Cl. The fourth-order valence-electron chi connectivity index (χ4n) is 2.64. The highest BCUT2D eigenvalue weighted by molar-refractivity contribution is 7.93. The van der Waals surface area contributed by atoms with E-state index in [1.807, 2.05) is 13.8 Å². The van der Waals surface area contributed by atoms with E-state index in [1.54, 1.807) is 0 Å². The highest BCUT2D eigenvalue weighted by Gasteiger charge is 2.40. The third kappa shape index (κ3) is 4.06. The minimum absolute atomic E-state index is 0. The Balaban J connectivity index is 0.00000264. The number of nitrogens with two attached hydrogens (primary N) is 1. The lowest BCUT2D eigenvalue weighted by atomic mass is 9.81. The molecule has 1 fully saturated rings. The second kappa shape index (κ2) is 6.68. The molecule has 2 rings (SSSR count). The predicted octanol–water partition coefficient (Wildman–Crippen LogP) is 1.26. The largest absolute Gasteiger partial charge is 0.327 e. The maximum atomic E-state index is 12.9. The van der Waals surface area contributed by atoms with E-state index >= 15 is 0 Å². The molecule has 1 atom stereocenters. The van der Waals surface area contributed by atoms with Gasteiger partial charge in [0.05, 0.1) is 4.90 Å². The van der Waals surface area contributed by atoms with E-state index in [4.69, 9.17) is 5.73 Å². The molecular formula is C14H23ClN2O4S2. The third-order valence-corrected chi connectivity index (χ3v) is 7.33. The van der Waals surface area contributed by atoms with E-state index in [-0.39, 0.29) is 40.2 Å². The molecular weight excluding hydrogens is 360 g/mol. The molecule has 0 bridgehead atoms. The molecule has 0 aliphatic carbocycles. The van der Waals surface area contributed by atoms with E-state index in [9.17, 15) is 16.8 Å². The Morgan fingerprint density at radius 3 is 2.13 bits per heavy atom. The van der Waals surface area contributed by atoms with Gasteiger partial charge in [-0.15, -0.1) is 12.4 Å². The zero-order valence-corrected chi connectivity index (χ0v) is 15.8. The summed E-state index contributed by atoms with van der Waals surface area (Å²) < 4.78 is 50.8. The van der Waals surface area contributed by atoms with Gasteiger partial charge < -0.3 is 5.73 Å². The van der Waals surface area contributed by atoms with Crippen LogP contribution in [0.3, 0.4) is 0 Å². The van der Waals surface area contributed by atoms with Crippen LogP contribution in [0.1, 0.15) is 20.3 Å². The van der Waals surface area contributed by atoms with Crippen molar-refractivity contribution in [2.45, 2.75) is 36.1 Å². The van der Waals surface area contributed by atoms with Gasteiger partial charge >= 0.3 is 0 Å². The quantitative estimate of drug-likeness (QED) is 0.848. The molecule has 23 heavy (non-hydrogen) atoms. The van der Waals surface area contributed by atoms with Gasteiger partial charge in [0.1, 0.15) is 4.90 Å². The number of benzene rings is 1. The van der Waals surface area contributed by atoms with Crippen LogP contribution in [0.2, 0.25) is 0 Å². The van der Waals surface area contributed by atoms with Crippen LogP contribution < -0.4 is 5.73 Å². The van der Waals surface area contributed by atoms with Crippen LogP contribution in [0.25, 0.3) is 0 Å². The highest BCUT2D eigenvalue weighted by atomic mass is 35.5. The van der Waals surface area contributed by atoms with E-state index in [1.165, 1.54) is 28.6 Å². The second-order valence-electron chi connectivity index (χ2n) is 6.44. The first-order valence-corrected chi connectivity index (χ1v) is 10.3. The zero-order valence-electron chi connectivity index (χ0n) is 13.4. The number of sulfonamides is 1. The first-order valence-electron chi connectivity index (χ1n) is 7.01. The molecule has 0 aromatic heterocycles. The summed E-state index contributed by atoms with van der Waals surface area (Å²) in [4.78, 5) is -0.327. The maximum Gasteiger partial charge on any atom is 0.244 e. The molecule has 0 radical (unpaired) electrons. The van der Waals surface area contributed by atoms with Crippen molar-refractivity contribution in [3.05, 3.63) is 24.3 Å². The van der Waals surface area contributed by atoms with Crippen molar-refractivity contribution in [2.75, 3.05) is 19.3 Å². The van der Waals surface area contributed by atoms with Gasteiger partial charge in [-0.2, -0.15) is 4.31 Å². The van der Waals surface area contributed by atoms with Crippen molar-refractivity contribution in [3.8, 4) is 0 Å². The van der Waals surface area contributed by atoms with Gasteiger partial charge in [-0.1, -0.05) is 26.0 Å². The van der Waals surface area contributed by atoms with Crippen LogP contribution in [0.4, 0.5) is 0 Å². The molecule has 1 aromatic rings. The van der Waals surface area contributed by atoms with E-state index in [0.717, 1.165) is 6.26 Å². The number of sulfone groups is 1. The molecule has 0 amide bonds. The summed E-state index contributed by atoms with van der Waals surface area (Å²) >= 11 is 0. The average Bonchev–Trinajstić information content (AvgIpc) is 2.40. The fourth-order valence-corrected chi connectivity index (χ4v) is 5.87. The fraction of sp³-hybridized carbons (Fsp3) is 0.571. The van der Waals surface area contributed by atoms with Crippen LogP contribution in [0.5, 0.6) is 0 Å². The predicted molar refractivity (Wildman–Crippen MR) is 91.9 cm³/mol. The lowest BCUT2D eigenvalue weighted by molar-refractivity contribution is 0.155. The van der Waals surface area contributed by atoms with E-state index < -0.39 is 19.9 Å². The number of hydrogen-bond donors (Lipinski definition) is 1. The van der Waals surface area contributed by atoms with Crippen molar-refractivity contribution >= 4 is 32.3 Å². The summed E-state index contributed by atoms with van der Waals surface area (Å²) in [6.45, 7) is 4.41. The number of nitrogens with zero attached hydrogens (tertiary/aromatic N) is 1. The van der Waals surface area contributed by atoms with Gasteiger partial charge in [0, 0.05) is 25.4 Å². The minimum Gasteiger partial charge on any atom is -0.327 e. The van der Waals surface area contributed by atoms with Crippen molar-refractivity contribution in [1.82, 2.24) is 4.31 Å². The summed E-state index contributed by atoms with van der Waals surface area (Å²) in [5, 5.41) is 0. The molecule has 1 aliphatic heterocycles. The van der Waals surface area contributed by atoms with Gasteiger partial charge in [0.25, 0.3) is 0 Å². The smallest absolute Gasteiger partial charge is 0.244 e. The molecule has 132 valence electrons. The van der Waals surface area contributed by atoms with E-state index in [0.29, 0.717) is 13.0 Å². The molecule has 0 spiro atoms. The molecule has 0 saturated carbocycles. The Bertz CT molecular complexity index is 776. The summed E-state index contributed by atoms with van der Waals surface area (Å²) in [6.07, 6.45) is 1.56. The zero-order chi connectivity index (χ0) is 16.8. The van der Waals surface area contributed by atoms with Gasteiger partial charge in [0.15, 0.2) is 9.84 Å². The van der Waals surface area contributed by atoms with Gasteiger partial charge in [-0.3, -0.25) is 0 Å². The summed E-state index contributed by atoms with van der Waals surface area (Å²) in [6, 6.07) is 5.63. The lowest BCUT2D eigenvalue weighted by Gasteiger charge is -2.41. The topological polar surface area (TPSA) is 97.5 Å². The van der Waals surface area contributed by atoms with Gasteiger partial charge in [-0.05, 0) is 24.0 Å². The lowest BCUT2D eigenvalue weighted by Crippen LogP contribution is -2.53. The summed E-state index contributed by atoms with van der Waals surface area (Å²) in [5.41, 5.74) is 5.68. The number of piperidine rings is 1. The van der Waals surface area contributed by atoms with Gasteiger partial charge in [-0.25, -0.2) is 16.8 Å². The Morgan fingerprint density at radius 2 is 1.65 bits per heavy atom. The van der Waals surface area contributed by atoms with Crippen LogP contribution in [0.15, 0.2) is 34.1 Å². The Morgan fingerprint density at radius 1 is 1.13 bits per heavy atom. The van der Waals surface area contributed by atoms with Crippen molar-refractivity contribution in [3.63, 3.8) is 0 Å². The first-order chi connectivity index (χ1) is 9.96. The molecule has 2 N–H and O–H groups in total. The summed E-state index contributed by atoms with van der Waals surface area (Å²) in [7, 11) is -7.50. The molecule has 9 heteroatoms. The Kier molecular flexibility index (Phi) is 5.92. The second-order valence-corrected chi connectivity index (χ2v) is 10.3. The molecule has 1 aromatic carbocycles. The van der Waals surface area contributed by atoms with Crippen LogP contribution in [-0.4, -0.2) is 46.5 Å². The van der Waals surface area contributed by atoms with Crippen molar-refractivity contribution in [1.29, 1.82) is 0 Å². The van der Waals surface area contributed by atoms with Gasteiger partial charge in [0.2, 0.25) is 10.0 Å². The van der Waals surface area contributed by atoms with E-state index in [2.05, 4.69) is 0 Å². The number of hydrogen-bond acceptors (Lipinski definition) is 5. The minimum atomic E-state index is -3.87. The van der Waals surface area contributed by atoms with Crippen LogP contribution >= 0.6 is 12.4 Å². The molecule has 1 heterocycles. The molecule has 1 saturated heterocycles. The maximum absolute atomic E-state index is 12.9. The Labute approximate surface area is 144 Å². The van der Waals surface area contributed by atoms with Crippen molar-refractivity contribution in [2.24, 2.45) is 11.1 Å². The number of rotatable bonds is 3. The van der Waals surface area contributed by atoms with Crippen LogP contribution in [-0.2, 0) is 19.9 Å². The van der Waals surface area contributed by atoms with Crippen molar-refractivity contribution < 1.29 is 16.8 Å². The molecule has 6 nitrogen and oxygen atoms in total. The Hall–Kier alpha value is -0.670. The first kappa shape index (κ1) is 20.4. The average molecular weight is 383 g/mol. The third-order valence-electron chi connectivity index (χ3n) is 4.14. The summed E-state index contributed by atoms with van der Waals surface area (Å²) in [5.74, 6) is 0. The standard InChI is InChI=1S/C14H22N2O4S2.ClH/c1-14(2)10-16(9-8-13(14)15)22(19,20)12-7-5-4-6-11(12)21(3,17)18;/h4-7,13H,8-10,15H2,1-3H3;1H. The molecule has 1 aliphatic rings. The van der Waals surface area contributed by atoms with Crippen LogP contribution in [0, 0.1) is 5.41 Å².